The van der Waals surface area contributed by atoms with Gasteiger partial charge in [-0.1, -0.05) is 0 Å². The Labute approximate surface area is 143 Å². The SMILES string of the molecule is O=C(NCCCCNC(=O)c1ccc(Br)o1)c1ccc(Br)o1. The average Bonchev–Trinajstić information content (AvgIpc) is 3.11. The van der Waals surface area contributed by atoms with Gasteiger partial charge in [0.15, 0.2) is 20.9 Å². The van der Waals surface area contributed by atoms with E-state index >= 15 is 0 Å². The summed E-state index contributed by atoms with van der Waals surface area (Å²) in [6.07, 6.45) is 1.49. The monoisotopic (exact) mass is 432 g/mol. The van der Waals surface area contributed by atoms with Crippen molar-refractivity contribution < 1.29 is 18.4 Å². The minimum absolute atomic E-state index is 0.254. The molecule has 6 nitrogen and oxygen atoms in total. The lowest BCUT2D eigenvalue weighted by Gasteiger charge is -2.04. The lowest BCUT2D eigenvalue weighted by Crippen LogP contribution is -2.27. The van der Waals surface area contributed by atoms with Gasteiger partial charge in [0.25, 0.3) is 11.8 Å². The van der Waals surface area contributed by atoms with Crippen LogP contribution in [0.1, 0.15) is 34.0 Å². The Hall–Kier alpha value is -1.54. The number of nitrogens with one attached hydrogen (secondary N) is 2. The third-order valence-corrected chi connectivity index (χ3v) is 3.62. The fourth-order valence-corrected chi connectivity index (χ4v) is 2.31. The van der Waals surface area contributed by atoms with Crippen LogP contribution in [0.2, 0.25) is 0 Å². The lowest BCUT2D eigenvalue weighted by molar-refractivity contribution is 0.0911. The summed E-state index contributed by atoms with van der Waals surface area (Å²) in [4.78, 5) is 23.3. The van der Waals surface area contributed by atoms with Crippen molar-refractivity contribution in [3.8, 4) is 0 Å². The van der Waals surface area contributed by atoms with Gasteiger partial charge in [-0.25, -0.2) is 0 Å². The zero-order chi connectivity index (χ0) is 15.9. The summed E-state index contributed by atoms with van der Waals surface area (Å²) in [6, 6.07) is 6.52. The van der Waals surface area contributed by atoms with E-state index < -0.39 is 0 Å². The van der Waals surface area contributed by atoms with Crippen LogP contribution in [-0.2, 0) is 0 Å². The van der Waals surface area contributed by atoms with E-state index in [2.05, 4.69) is 42.5 Å². The number of hydrogen-bond donors (Lipinski definition) is 2. The fourth-order valence-electron chi connectivity index (χ4n) is 1.70. The predicted octanol–water partition coefficient (Wildman–Crippen LogP) is 3.34. The minimum Gasteiger partial charge on any atom is -0.444 e. The van der Waals surface area contributed by atoms with E-state index in [1.165, 1.54) is 0 Å². The Kier molecular flexibility index (Phi) is 6.26. The van der Waals surface area contributed by atoms with Crippen molar-refractivity contribution in [2.45, 2.75) is 12.8 Å². The van der Waals surface area contributed by atoms with Crippen LogP contribution in [0.25, 0.3) is 0 Å². The maximum atomic E-state index is 11.7. The maximum Gasteiger partial charge on any atom is 0.287 e. The molecule has 0 fully saturated rings. The molecule has 2 heterocycles. The van der Waals surface area contributed by atoms with Crippen LogP contribution in [0, 0.1) is 0 Å². The van der Waals surface area contributed by atoms with Crippen LogP contribution in [0.5, 0.6) is 0 Å². The van der Waals surface area contributed by atoms with Crippen LogP contribution in [-0.4, -0.2) is 24.9 Å². The highest BCUT2D eigenvalue weighted by Gasteiger charge is 2.10. The third kappa shape index (κ3) is 5.03. The van der Waals surface area contributed by atoms with E-state index in [1.807, 2.05) is 0 Å². The van der Waals surface area contributed by atoms with Crippen LogP contribution in [0.4, 0.5) is 0 Å². The number of halogens is 2. The molecule has 0 bridgehead atoms. The second-order valence-electron chi connectivity index (χ2n) is 4.43. The molecule has 2 rings (SSSR count). The molecule has 0 saturated carbocycles. The Balaban J connectivity index is 1.58. The largest absolute Gasteiger partial charge is 0.444 e. The van der Waals surface area contributed by atoms with E-state index in [1.54, 1.807) is 24.3 Å². The summed E-state index contributed by atoms with van der Waals surface area (Å²) in [7, 11) is 0. The van der Waals surface area contributed by atoms with Gasteiger partial charge in [-0.15, -0.1) is 0 Å². The van der Waals surface area contributed by atoms with Crippen molar-refractivity contribution >= 4 is 43.7 Å². The van der Waals surface area contributed by atoms with Gasteiger partial charge in [-0.3, -0.25) is 9.59 Å². The van der Waals surface area contributed by atoms with Gasteiger partial charge in [-0.05, 0) is 69.0 Å². The van der Waals surface area contributed by atoms with Crippen LogP contribution >= 0.6 is 31.9 Å². The zero-order valence-corrected chi connectivity index (χ0v) is 14.7. The molecule has 0 saturated heterocycles. The summed E-state index contributed by atoms with van der Waals surface area (Å²) >= 11 is 6.28. The average molecular weight is 434 g/mol. The molecule has 2 aromatic heterocycles. The predicted molar refractivity (Wildman–Crippen MR) is 86.7 cm³/mol. The number of unbranched alkanes of at least 4 members (excludes halogenated alkanes) is 1. The van der Waals surface area contributed by atoms with Gasteiger partial charge >= 0.3 is 0 Å². The number of amides is 2. The first-order valence-electron chi connectivity index (χ1n) is 6.63. The molecule has 8 heteroatoms. The molecule has 0 aliphatic rings. The summed E-state index contributed by atoms with van der Waals surface area (Å²) in [5, 5.41) is 5.49. The van der Waals surface area contributed by atoms with Crippen molar-refractivity contribution in [1.82, 2.24) is 10.6 Å². The van der Waals surface area contributed by atoms with Crippen LogP contribution in [0.15, 0.2) is 42.4 Å². The molecule has 2 N–H and O–H groups in total. The molecular weight excluding hydrogens is 420 g/mol. The molecule has 0 aliphatic carbocycles. The molecule has 118 valence electrons. The van der Waals surface area contributed by atoms with Crippen LogP contribution in [0.3, 0.4) is 0 Å². The third-order valence-electron chi connectivity index (χ3n) is 2.77. The minimum atomic E-state index is -0.254. The normalized spacial score (nSPS) is 10.5. The van der Waals surface area contributed by atoms with E-state index in [0.717, 1.165) is 12.8 Å². The van der Waals surface area contributed by atoms with Crippen molar-refractivity contribution in [2.75, 3.05) is 13.1 Å². The maximum absolute atomic E-state index is 11.7. The van der Waals surface area contributed by atoms with Crippen LogP contribution < -0.4 is 10.6 Å². The van der Waals surface area contributed by atoms with Gasteiger partial charge in [0.05, 0.1) is 0 Å². The molecule has 2 amide bonds. The summed E-state index contributed by atoms with van der Waals surface area (Å²) in [5.74, 6) is 0.0255. The Bertz CT molecular complexity index is 595. The molecule has 0 spiro atoms. The molecule has 0 aromatic carbocycles. The van der Waals surface area contributed by atoms with Crippen molar-refractivity contribution in [1.29, 1.82) is 0 Å². The van der Waals surface area contributed by atoms with Gasteiger partial charge in [0.1, 0.15) is 0 Å². The van der Waals surface area contributed by atoms with Gasteiger partial charge < -0.3 is 19.5 Å². The zero-order valence-electron chi connectivity index (χ0n) is 11.5. The Morgan fingerprint density at radius 1 is 0.818 bits per heavy atom. The van der Waals surface area contributed by atoms with E-state index in [9.17, 15) is 9.59 Å². The topological polar surface area (TPSA) is 84.5 Å². The first-order valence-corrected chi connectivity index (χ1v) is 8.22. The number of rotatable bonds is 7. The van der Waals surface area contributed by atoms with Crippen molar-refractivity contribution in [3.63, 3.8) is 0 Å². The molecule has 2 aromatic rings. The number of carbonyl (C=O) groups excluding carboxylic acids is 2. The second-order valence-corrected chi connectivity index (χ2v) is 5.99. The lowest BCUT2D eigenvalue weighted by atomic mass is 10.3. The summed E-state index contributed by atoms with van der Waals surface area (Å²) in [5.41, 5.74) is 0. The quantitative estimate of drug-likeness (QED) is 0.656. The molecule has 0 radical (unpaired) electrons. The van der Waals surface area contributed by atoms with Crippen molar-refractivity contribution in [2.24, 2.45) is 0 Å². The van der Waals surface area contributed by atoms with Gasteiger partial charge in [0, 0.05) is 13.1 Å². The van der Waals surface area contributed by atoms with E-state index in [4.69, 9.17) is 8.83 Å². The number of carbonyl (C=O) groups is 2. The van der Waals surface area contributed by atoms with E-state index in [0.29, 0.717) is 22.4 Å². The number of hydrogen-bond acceptors (Lipinski definition) is 4. The number of furan rings is 2. The smallest absolute Gasteiger partial charge is 0.287 e. The van der Waals surface area contributed by atoms with E-state index in [-0.39, 0.29) is 23.3 Å². The molecule has 0 aliphatic heterocycles. The fraction of sp³-hybridized carbons (Fsp3) is 0.286. The summed E-state index contributed by atoms with van der Waals surface area (Å²) < 4.78 is 11.3. The Morgan fingerprint density at radius 2 is 1.23 bits per heavy atom. The first-order chi connectivity index (χ1) is 10.6. The highest BCUT2D eigenvalue weighted by molar-refractivity contribution is 9.10. The standard InChI is InChI=1S/C14H14Br2N2O4/c15-11-5-3-9(21-11)13(19)17-7-1-2-8-18-14(20)10-4-6-12(16)22-10/h3-6H,1-2,7-8H2,(H,17,19)(H,18,20). The summed E-state index contributed by atoms with van der Waals surface area (Å²) in [6.45, 7) is 1.03. The highest BCUT2D eigenvalue weighted by atomic mass is 79.9. The molecule has 22 heavy (non-hydrogen) atoms. The van der Waals surface area contributed by atoms with Gasteiger partial charge in [-0.2, -0.15) is 0 Å². The van der Waals surface area contributed by atoms with Gasteiger partial charge in [0.2, 0.25) is 0 Å². The first kappa shape index (κ1) is 16.8. The highest BCUT2D eigenvalue weighted by Crippen LogP contribution is 2.14. The molecule has 0 unspecified atom stereocenters. The molecule has 0 atom stereocenters. The molecular formula is C14H14Br2N2O4. The van der Waals surface area contributed by atoms with Crippen molar-refractivity contribution in [3.05, 3.63) is 45.1 Å². The second kappa shape index (κ2) is 8.19. The Morgan fingerprint density at radius 3 is 1.55 bits per heavy atom.